The fourth-order valence-corrected chi connectivity index (χ4v) is 1.17. The van der Waals surface area contributed by atoms with E-state index in [1.807, 2.05) is 0 Å². The molecule has 0 saturated carbocycles. The number of carbonyl (C=O) groups excluding carboxylic acids is 1. The third-order valence-corrected chi connectivity index (χ3v) is 1.95. The van der Waals surface area contributed by atoms with Crippen LogP contribution in [0.4, 0.5) is 8.78 Å². The van der Waals surface area contributed by atoms with Gasteiger partial charge in [-0.25, -0.2) is 8.78 Å². The highest BCUT2D eigenvalue weighted by Gasteiger charge is 2.18. The van der Waals surface area contributed by atoms with Crippen LogP contribution in [0.3, 0.4) is 0 Å². The average molecular weight is 248 g/mol. The maximum atomic E-state index is 13.2. The first-order chi connectivity index (χ1) is 7.06. The minimum absolute atomic E-state index is 0. The van der Waals surface area contributed by atoms with Crippen molar-refractivity contribution < 1.29 is 13.6 Å². The lowest BCUT2D eigenvalue weighted by molar-refractivity contribution is 0.0957. The average Bonchev–Trinajstić information content (AvgIpc) is 2.21. The van der Waals surface area contributed by atoms with E-state index in [1.165, 1.54) is 6.08 Å². The number of halogens is 3. The van der Waals surface area contributed by atoms with E-state index in [1.54, 1.807) is 0 Å². The SMILES string of the molecule is C=CCC(N)C(=O)c1cc(F)ccc1F.Cl. The predicted octanol–water partition coefficient (Wildman–Crippen LogP) is 2.47. The Kier molecular flexibility index (Phi) is 5.85. The van der Waals surface area contributed by atoms with E-state index in [-0.39, 0.29) is 24.4 Å². The van der Waals surface area contributed by atoms with Gasteiger partial charge in [0.2, 0.25) is 0 Å². The van der Waals surface area contributed by atoms with E-state index in [9.17, 15) is 13.6 Å². The number of hydrogen-bond donors (Lipinski definition) is 1. The highest BCUT2D eigenvalue weighted by Crippen LogP contribution is 2.12. The fourth-order valence-electron chi connectivity index (χ4n) is 1.17. The largest absolute Gasteiger partial charge is 0.321 e. The van der Waals surface area contributed by atoms with Crippen LogP contribution in [0.15, 0.2) is 30.9 Å². The van der Waals surface area contributed by atoms with Crippen molar-refractivity contribution in [3.63, 3.8) is 0 Å². The highest BCUT2D eigenvalue weighted by atomic mass is 35.5. The fraction of sp³-hybridized carbons (Fsp3) is 0.182. The smallest absolute Gasteiger partial charge is 0.182 e. The first-order valence-electron chi connectivity index (χ1n) is 4.42. The monoisotopic (exact) mass is 247 g/mol. The molecular formula is C11H12ClF2NO. The molecule has 88 valence electrons. The first kappa shape index (κ1) is 14.7. The quantitative estimate of drug-likeness (QED) is 0.656. The molecule has 2 N–H and O–H groups in total. The summed E-state index contributed by atoms with van der Waals surface area (Å²) in [6.45, 7) is 3.42. The van der Waals surface area contributed by atoms with Crippen molar-refractivity contribution in [2.45, 2.75) is 12.5 Å². The molecule has 0 aromatic heterocycles. The minimum Gasteiger partial charge on any atom is -0.321 e. The predicted molar refractivity (Wildman–Crippen MR) is 60.7 cm³/mol. The molecular weight excluding hydrogens is 236 g/mol. The lowest BCUT2D eigenvalue weighted by Gasteiger charge is -2.08. The van der Waals surface area contributed by atoms with E-state index in [0.717, 1.165) is 18.2 Å². The molecule has 1 unspecified atom stereocenters. The number of hydrogen-bond acceptors (Lipinski definition) is 2. The Labute approximate surface area is 98.6 Å². The molecule has 0 heterocycles. The molecule has 16 heavy (non-hydrogen) atoms. The van der Waals surface area contributed by atoms with Crippen molar-refractivity contribution in [1.29, 1.82) is 0 Å². The van der Waals surface area contributed by atoms with Gasteiger partial charge in [-0.3, -0.25) is 4.79 Å². The van der Waals surface area contributed by atoms with Crippen molar-refractivity contribution in [2.75, 3.05) is 0 Å². The van der Waals surface area contributed by atoms with Gasteiger partial charge in [0, 0.05) is 0 Å². The standard InChI is InChI=1S/C11H11F2NO.ClH/c1-2-3-10(14)11(15)8-6-7(12)4-5-9(8)13;/h2,4-6,10H,1,3,14H2;1H. The Morgan fingerprint density at radius 3 is 2.69 bits per heavy atom. The summed E-state index contributed by atoms with van der Waals surface area (Å²) < 4.78 is 25.9. The van der Waals surface area contributed by atoms with Gasteiger partial charge in [0.25, 0.3) is 0 Å². The molecule has 1 aromatic rings. The van der Waals surface area contributed by atoms with Gasteiger partial charge in [0.05, 0.1) is 11.6 Å². The van der Waals surface area contributed by atoms with Crippen LogP contribution in [0.2, 0.25) is 0 Å². The van der Waals surface area contributed by atoms with Crippen LogP contribution < -0.4 is 5.73 Å². The Balaban J connectivity index is 0.00000225. The van der Waals surface area contributed by atoms with Crippen molar-refractivity contribution in [1.82, 2.24) is 0 Å². The summed E-state index contributed by atoms with van der Waals surface area (Å²) in [7, 11) is 0. The number of rotatable bonds is 4. The van der Waals surface area contributed by atoms with Gasteiger partial charge in [-0.2, -0.15) is 0 Å². The van der Waals surface area contributed by atoms with Crippen LogP contribution in [0.1, 0.15) is 16.8 Å². The zero-order chi connectivity index (χ0) is 11.4. The normalized spacial score (nSPS) is 11.4. The van der Waals surface area contributed by atoms with Crippen LogP contribution in [0.25, 0.3) is 0 Å². The maximum absolute atomic E-state index is 13.2. The zero-order valence-electron chi connectivity index (χ0n) is 8.45. The maximum Gasteiger partial charge on any atom is 0.182 e. The Morgan fingerprint density at radius 1 is 1.50 bits per heavy atom. The third kappa shape index (κ3) is 3.40. The summed E-state index contributed by atoms with van der Waals surface area (Å²) in [6.07, 6.45) is 1.69. The number of nitrogens with two attached hydrogens (primary N) is 1. The van der Waals surface area contributed by atoms with Crippen LogP contribution >= 0.6 is 12.4 Å². The molecule has 1 aromatic carbocycles. The van der Waals surface area contributed by atoms with Gasteiger partial charge in [-0.1, -0.05) is 6.08 Å². The second kappa shape index (κ2) is 6.35. The van der Waals surface area contributed by atoms with Gasteiger partial charge in [-0.05, 0) is 24.6 Å². The van der Waals surface area contributed by atoms with Crippen molar-refractivity contribution in [3.8, 4) is 0 Å². The zero-order valence-corrected chi connectivity index (χ0v) is 9.27. The molecule has 0 aliphatic heterocycles. The van der Waals surface area contributed by atoms with E-state index < -0.39 is 23.5 Å². The molecule has 5 heteroatoms. The van der Waals surface area contributed by atoms with Crippen molar-refractivity contribution in [3.05, 3.63) is 48.1 Å². The Bertz CT molecular complexity index is 396. The summed E-state index contributed by atoms with van der Waals surface area (Å²) in [5, 5.41) is 0. The van der Waals surface area contributed by atoms with Gasteiger partial charge >= 0.3 is 0 Å². The lowest BCUT2D eigenvalue weighted by Crippen LogP contribution is -2.30. The molecule has 0 spiro atoms. The molecule has 2 nitrogen and oxygen atoms in total. The van der Waals surface area contributed by atoms with Crippen LogP contribution in [0, 0.1) is 11.6 Å². The molecule has 0 fully saturated rings. The van der Waals surface area contributed by atoms with Gasteiger partial charge in [0.1, 0.15) is 11.6 Å². The molecule has 0 bridgehead atoms. The van der Waals surface area contributed by atoms with E-state index >= 15 is 0 Å². The molecule has 0 radical (unpaired) electrons. The molecule has 0 aliphatic rings. The van der Waals surface area contributed by atoms with Crippen molar-refractivity contribution in [2.24, 2.45) is 5.73 Å². The molecule has 0 saturated heterocycles. The second-order valence-electron chi connectivity index (χ2n) is 3.12. The van der Waals surface area contributed by atoms with Gasteiger partial charge in [-0.15, -0.1) is 19.0 Å². The second-order valence-corrected chi connectivity index (χ2v) is 3.12. The molecule has 1 atom stereocenters. The molecule has 0 aliphatic carbocycles. The van der Waals surface area contributed by atoms with Gasteiger partial charge < -0.3 is 5.73 Å². The van der Waals surface area contributed by atoms with E-state index in [0.29, 0.717) is 0 Å². The van der Waals surface area contributed by atoms with E-state index in [2.05, 4.69) is 6.58 Å². The molecule has 0 amide bonds. The molecule has 1 rings (SSSR count). The first-order valence-corrected chi connectivity index (χ1v) is 4.42. The summed E-state index contributed by atoms with van der Waals surface area (Å²) in [4.78, 5) is 11.5. The van der Waals surface area contributed by atoms with Crippen LogP contribution in [0.5, 0.6) is 0 Å². The number of Topliss-reactive ketones (excluding diaryl/α,β-unsaturated/α-hetero) is 1. The van der Waals surface area contributed by atoms with Gasteiger partial charge in [0.15, 0.2) is 5.78 Å². The summed E-state index contributed by atoms with van der Waals surface area (Å²) in [5.41, 5.74) is 5.15. The van der Waals surface area contributed by atoms with Crippen LogP contribution in [-0.2, 0) is 0 Å². The third-order valence-electron chi connectivity index (χ3n) is 1.95. The summed E-state index contributed by atoms with van der Waals surface area (Å²) >= 11 is 0. The lowest BCUT2D eigenvalue weighted by atomic mass is 10.0. The number of carbonyl (C=O) groups is 1. The van der Waals surface area contributed by atoms with E-state index in [4.69, 9.17) is 5.73 Å². The summed E-state index contributed by atoms with van der Waals surface area (Å²) in [6, 6.07) is 1.83. The Morgan fingerprint density at radius 2 is 2.12 bits per heavy atom. The summed E-state index contributed by atoms with van der Waals surface area (Å²) in [5.74, 6) is -2.04. The minimum atomic E-state index is -0.876. The van der Waals surface area contributed by atoms with Crippen molar-refractivity contribution >= 4 is 18.2 Å². The number of benzene rings is 1. The Hall–Kier alpha value is -1.26. The topological polar surface area (TPSA) is 43.1 Å². The number of ketones is 1. The highest BCUT2D eigenvalue weighted by molar-refractivity contribution is 6.00. The van der Waals surface area contributed by atoms with Crippen LogP contribution in [-0.4, -0.2) is 11.8 Å².